The van der Waals surface area contributed by atoms with E-state index in [0.717, 1.165) is 177 Å². The second-order valence-corrected chi connectivity index (χ2v) is 33.3. The summed E-state index contributed by atoms with van der Waals surface area (Å²) in [4.78, 5) is 59.1. The topological polar surface area (TPSA) is 373 Å². The second-order valence-electron chi connectivity index (χ2n) is 33.3. The first kappa shape index (κ1) is 102. The van der Waals surface area contributed by atoms with Crippen molar-refractivity contribution in [2.75, 3.05) is 116 Å². The number of aromatic nitrogens is 19. The molecule has 35 nitrogen and oxygen atoms in total. The van der Waals surface area contributed by atoms with Gasteiger partial charge in [0.05, 0.1) is 224 Å². The minimum Gasteiger partial charge on any atom is -0.497 e. The number of aliphatic hydroxyl groups excluding tert-OH is 2. The van der Waals surface area contributed by atoms with Gasteiger partial charge in [-0.25, -0.2) is 34.9 Å². The van der Waals surface area contributed by atoms with Gasteiger partial charge in [0.15, 0.2) is 0 Å². The highest BCUT2D eigenvalue weighted by atomic mass is 16.5. The van der Waals surface area contributed by atoms with Crippen LogP contribution in [0.15, 0.2) is 269 Å². The van der Waals surface area contributed by atoms with E-state index < -0.39 is 0 Å². The van der Waals surface area contributed by atoms with Crippen LogP contribution in [0.4, 0.5) is 45.5 Å². The van der Waals surface area contributed by atoms with Crippen molar-refractivity contribution in [2.24, 2.45) is 28.2 Å². The Hall–Kier alpha value is -19.1. The molecule has 0 saturated heterocycles. The van der Waals surface area contributed by atoms with E-state index >= 15 is 0 Å². The number of nitriles is 1. The lowest BCUT2D eigenvalue weighted by Crippen LogP contribution is -2.18. The summed E-state index contributed by atoms with van der Waals surface area (Å²) >= 11 is 0. The lowest BCUT2D eigenvalue weighted by Gasteiger charge is -2.25. The minimum atomic E-state index is -0.135. The molecule has 19 rings (SSSR count). The van der Waals surface area contributed by atoms with E-state index in [1.165, 1.54) is 0 Å². The molecule has 35 heteroatoms. The maximum Gasteiger partial charge on any atom is 0.214 e. The van der Waals surface area contributed by atoms with E-state index in [1.54, 1.807) is 158 Å². The number of methoxy groups -OCH3 is 9. The van der Waals surface area contributed by atoms with Crippen LogP contribution in [0.3, 0.4) is 0 Å². The number of anilines is 8. The second kappa shape index (κ2) is 48.6. The fraction of sp³-hybridized carbons (Fsp3) is 0.204. The maximum atomic E-state index is 9.39. The molecule has 0 aliphatic rings. The van der Waals surface area contributed by atoms with Crippen LogP contribution < -0.4 is 62.2 Å². The molecule has 0 radical (unpaired) electrons. The van der Waals surface area contributed by atoms with Crippen molar-refractivity contribution >= 4 is 89.6 Å². The summed E-state index contributed by atoms with van der Waals surface area (Å²) in [5.41, 5.74) is 24.0. The Morgan fingerprint density at radius 2 is 0.716 bits per heavy atom. The summed E-state index contributed by atoms with van der Waals surface area (Å²) in [7, 11) is 22.1. The molecule has 148 heavy (non-hydrogen) atoms. The zero-order chi connectivity index (χ0) is 104. The molecule has 8 aromatic carbocycles. The van der Waals surface area contributed by atoms with Gasteiger partial charge in [-0.3, -0.25) is 38.7 Å². The van der Waals surface area contributed by atoms with Gasteiger partial charge in [0.1, 0.15) is 57.4 Å². The molecule has 11 aromatic heterocycles. The van der Waals surface area contributed by atoms with E-state index in [9.17, 15) is 15.5 Å². The number of aryl methyl sites for hydroxylation is 4. The molecule has 19 aromatic rings. The number of fused-ring (bicyclic) bond motifs is 4. The zero-order valence-corrected chi connectivity index (χ0v) is 84.1. The summed E-state index contributed by atoms with van der Waals surface area (Å²) in [6, 6.07) is 61.3. The van der Waals surface area contributed by atoms with Gasteiger partial charge in [-0.2, -0.15) is 25.7 Å². The Kier molecular flexibility index (Phi) is 33.4. The monoisotopic (exact) mass is 1970 g/mol. The SMILES string of the molecule is CCCN(c1cc(OC)cc(OC)c1)c1ccc2ncc(-c3cnn(C)c3CCCO)nc2c1.COc1cc(OC)cc(N(CC#Cc2cc(C#N)ccn2)c2ccc3ncc(-c4cnn(C)c4)nc3c2)c1.COc1cc(OC)cc(N(CC#Cc2cccc(CO)n2)c2ccc3ncc(-c4cnn(C)c4)nc3c2)c1.COc1cc(OC)cc(N(CC#Cc2ccnc(OC)c2)c2ccc3ncc(-c4cnn(C)c4)nc3c2)c1. The van der Waals surface area contributed by atoms with Crippen LogP contribution in [-0.2, 0) is 41.2 Å². The Bertz CT molecular complexity index is 7860. The van der Waals surface area contributed by atoms with Gasteiger partial charge < -0.3 is 72.4 Å². The van der Waals surface area contributed by atoms with Gasteiger partial charge in [0.2, 0.25) is 5.88 Å². The smallest absolute Gasteiger partial charge is 0.214 e. The Morgan fingerprint density at radius 3 is 1.09 bits per heavy atom. The van der Waals surface area contributed by atoms with Crippen LogP contribution in [0.1, 0.15) is 53.7 Å². The Labute approximate surface area is 855 Å². The lowest BCUT2D eigenvalue weighted by molar-refractivity contribution is 0.277. The van der Waals surface area contributed by atoms with Crippen molar-refractivity contribution in [3.05, 3.63) is 303 Å². The molecule has 0 aliphatic heterocycles. The molecule has 2 N–H and O–H groups in total. The number of ether oxygens (including phenoxy) is 9. The van der Waals surface area contributed by atoms with E-state index in [0.29, 0.717) is 89.1 Å². The van der Waals surface area contributed by atoms with Crippen LogP contribution in [0.25, 0.3) is 89.2 Å². The van der Waals surface area contributed by atoms with Gasteiger partial charge >= 0.3 is 0 Å². The average molecular weight is 1980 g/mol. The quantitative estimate of drug-likeness (QED) is 0.0395. The predicted molar refractivity (Wildman–Crippen MR) is 569 cm³/mol. The van der Waals surface area contributed by atoms with Gasteiger partial charge in [0, 0.05) is 230 Å². The summed E-state index contributed by atoms with van der Waals surface area (Å²) in [5.74, 6) is 25.0. The van der Waals surface area contributed by atoms with Crippen molar-refractivity contribution in [2.45, 2.75) is 32.8 Å². The molecule has 0 unspecified atom stereocenters. The molecule has 0 fully saturated rings. The zero-order valence-electron chi connectivity index (χ0n) is 84.1. The van der Waals surface area contributed by atoms with Gasteiger partial charge in [-0.05, 0) is 134 Å². The third-order valence-corrected chi connectivity index (χ3v) is 23.5. The summed E-state index contributed by atoms with van der Waals surface area (Å²) in [6.45, 7) is 4.05. The average Bonchev–Trinajstić information content (AvgIpc) is 1.35. The fourth-order valence-corrected chi connectivity index (χ4v) is 16.0. The molecular weight excluding hydrogens is 1870 g/mol. The van der Waals surface area contributed by atoms with E-state index in [2.05, 4.69) is 126 Å². The highest BCUT2D eigenvalue weighted by Gasteiger charge is 2.23. The maximum absolute atomic E-state index is 9.39. The first-order valence-electron chi connectivity index (χ1n) is 46.8. The number of hydrogen-bond acceptors (Lipinski definition) is 31. The van der Waals surface area contributed by atoms with E-state index in [-0.39, 0.29) is 13.2 Å². The molecule has 0 atom stereocenters. The highest BCUT2D eigenvalue weighted by Crippen LogP contribution is 2.41. The van der Waals surface area contributed by atoms with Crippen LogP contribution in [-0.4, -0.2) is 201 Å². The van der Waals surface area contributed by atoms with E-state index in [4.69, 9.17) is 62.6 Å². The van der Waals surface area contributed by atoms with Crippen molar-refractivity contribution in [3.63, 3.8) is 0 Å². The van der Waals surface area contributed by atoms with Crippen LogP contribution in [0.5, 0.6) is 51.9 Å². The first-order valence-corrected chi connectivity index (χ1v) is 46.8. The molecule has 0 aliphatic carbocycles. The van der Waals surface area contributed by atoms with Crippen LogP contribution in [0, 0.1) is 46.9 Å². The van der Waals surface area contributed by atoms with Gasteiger partial charge in [0.25, 0.3) is 0 Å². The van der Waals surface area contributed by atoms with E-state index in [1.807, 2.05) is 219 Å². The molecular formula is C113H106N24O11. The summed E-state index contributed by atoms with van der Waals surface area (Å²) in [5, 5.41) is 45.0. The van der Waals surface area contributed by atoms with Gasteiger partial charge in [-0.1, -0.05) is 36.7 Å². The molecule has 0 bridgehead atoms. The predicted octanol–water partition coefficient (Wildman–Crippen LogP) is 17.8. The molecule has 11 heterocycles. The largest absolute Gasteiger partial charge is 0.497 e. The number of aliphatic hydroxyl groups is 2. The number of rotatable bonds is 30. The van der Waals surface area contributed by atoms with Crippen LogP contribution >= 0.6 is 0 Å². The number of hydrogen-bond donors (Lipinski definition) is 2. The third-order valence-electron chi connectivity index (χ3n) is 23.5. The number of benzene rings is 8. The molecule has 744 valence electrons. The summed E-state index contributed by atoms with van der Waals surface area (Å²) in [6.07, 6.45) is 25.5. The summed E-state index contributed by atoms with van der Waals surface area (Å²) < 4.78 is 56.3. The highest BCUT2D eigenvalue weighted by molar-refractivity contribution is 5.88. The van der Waals surface area contributed by atoms with Crippen molar-refractivity contribution in [3.8, 4) is 138 Å². The molecule has 0 amide bonds. The first-order chi connectivity index (χ1) is 72.2. The standard InChI is InChI=1S/C29H23N7O2.2C29H26N6O3.C26H31N5O3/c1-35-19-21(17-33-35)29-18-32-27-7-6-23(14-28(27)34-29)36(24-12-25(37-2)15-26(13-24)38-3)10-4-5-22-11-20(16-30)8-9-31-22;1-34-19-21(17-32-34)28-18-31-26-8-7-22(15-27(26)33-28)35(23-13-24(36-2)16-25(14-23)37-3)11-5-6-20-9-10-30-29(12-20)38-4;1-34-18-20(16-31-34)29-17-30-27-10-9-23(14-28(27)33-29)35(24-12-25(37-2)15-26(13-24)38-3)11-5-8-21-6-4-7-22(19-36)32-21;1-5-10-31(19-12-20(33-3)15-21(13-19)34-4)18-8-9-23-24(14-18)29-25(17-27-23)22-16-28-30(2)26(22)7-6-11-32/h6-9,11-15,17-19H,10H2,1-3H3;7-10,12-19H,11H2,1-4H3;4,6-7,9-10,12-18,36H,11,19H2,1-3H3;8-9,12-17,32H,5-7,10-11H2,1-4H3. The van der Waals surface area contributed by atoms with Crippen molar-refractivity contribution in [1.82, 2.24) is 93.9 Å². The van der Waals surface area contributed by atoms with Crippen LogP contribution in [0.2, 0.25) is 0 Å². The molecule has 0 spiro atoms. The minimum absolute atomic E-state index is 0.135. The normalized spacial score (nSPS) is 10.6. The molecule has 0 saturated carbocycles. The number of nitrogens with zero attached hydrogens (tertiary/aromatic N) is 24. The van der Waals surface area contributed by atoms with Crippen molar-refractivity contribution < 1.29 is 52.8 Å². The fourth-order valence-electron chi connectivity index (χ4n) is 16.0. The van der Waals surface area contributed by atoms with Crippen molar-refractivity contribution in [1.29, 1.82) is 5.26 Å². The number of pyridine rings is 3. The Morgan fingerprint density at radius 1 is 0.338 bits per heavy atom. The Balaban J connectivity index is 0.000000141. The lowest BCUT2D eigenvalue weighted by atomic mass is 10.1. The third kappa shape index (κ3) is 25.3. The van der Waals surface area contributed by atoms with Gasteiger partial charge in [-0.15, -0.1) is 0 Å².